The van der Waals surface area contributed by atoms with Gasteiger partial charge in [-0.2, -0.15) is 0 Å². The molecule has 0 bridgehead atoms. The van der Waals surface area contributed by atoms with E-state index in [1.54, 1.807) is 36.4 Å². The number of nitrogen functional groups attached to an aromatic ring is 1. The Morgan fingerprint density at radius 2 is 1.18 bits per heavy atom. The van der Waals surface area contributed by atoms with E-state index in [1.807, 2.05) is 24.3 Å². The monoisotopic (exact) mass is 440 g/mol. The molecule has 0 aliphatic carbocycles. The second kappa shape index (κ2) is 7.50. The summed E-state index contributed by atoms with van der Waals surface area (Å²) in [5, 5.41) is 1.21. The summed E-state index contributed by atoms with van der Waals surface area (Å²) < 4.78 is 16.5. The summed E-state index contributed by atoms with van der Waals surface area (Å²) in [7, 11) is 0. The zero-order valence-corrected chi connectivity index (χ0v) is 17.7. The lowest BCUT2D eigenvalue weighted by Gasteiger charge is -2.28. The number of ether oxygens (including phenoxy) is 3. The van der Waals surface area contributed by atoms with E-state index in [9.17, 15) is 9.59 Å². The number of carbonyl (C=O) groups excluding carboxylic acids is 2. The molecule has 6 rings (SSSR count). The summed E-state index contributed by atoms with van der Waals surface area (Å²) in [6, 6.07) is 18.3. The van der Waals surface area contributed by atoms with Crippen LogP contribution in [0.15, 0.2) is 60.7 Å². The van der Waals surface area contributed by atoms with E-state index in [0.717, 1.165) is 24.3 Å². The van der Waals surface area contributed by atoms with Crippen LogP contribution in [0.4, 0.5) is 11.4 Å². The second-order valence-corrected chi connectivity index (χ2v) is 8.14. The van der Waals surface area contributed by atoms with Gasteiger partial charge in [-0.25, -0.2) is 9.59 Å². The predicted octanol–water partition coefficient (Wildman–Crippen LogP) is 1.34. The minimum atomic E-state index is -0.443. The van der Waals surface area contributed by atoms with Crippen LogP contribution >= 0.6 is 0 Å². The van der Waals surface area contributed by atoms with Crippen molar-refractivity contribution >= 4 is 34.5 Å². The molecular weight excluding hydrogens is 420 g/mol. The number of nitrogens with zero attached hydrogens (tertiary/aromatic N) is 1. The summed E-state index contributed by atoms with van der Waals surface area (Å²) in [6.07, 6.45) is 0. The Kier molecular flexibility index (Phi) is 4.45. The van der Waals surface area contributed by atoms with E-state index in [0.29, 0.717) is 57.5 Å². The van der Waals surface area contributed by atoms with Crippen LogP contribution in [0.2, 0.25) is 0 Å². The van der Waals surface area contributed by atoms with E-state index < -0.39 is 11.9 Å². The molecule has 2 N–H and O–H groups in total. The SMILES string of the molecule is Nc1ccc(C2=c3cc4c(cc3OC2=O)=C(c2ccc(N3CCOCC3)cc2)C(=O)O4)cc1. The molecule has 0 amide bonds. The summed E-state index contributed by atoms with van der Waals surface area (Å²) in [5.41, 5.74) is 9.79. The van der Waals surface area contributed by atoms with Crippen LogP contribution in [0.25, 0.3) is 11.1 Å². The van der Waals surface area contributed by atoms with Crippen molar-refractivity contribution in [3.8, 4) is 11.5 Å². The van der Waals surface area contributed by atoms with Crippen LogP contribution in [0.3, 0.4) is 0 Å². The van der Waals surface area contributed by atoms with Crippen molar-refractivity contribution in [2.24, 2.45) is 0 Å². The molecule has 3 aromatic rings. The van der Waals surface area contributed by atoms with E-state index in [4.69, 9.17) is 19.9 Å². The number of hydrogen-bond acceptors (Lipinski definition) is 7. The molecule has 3 heterocycles. The molecule has 0 atom stereocenters. The fraction of sp³-hybridized carbons (Fsp3) is 0.154. The van der Waals surface area contributed by atoms with Crippen LogP contribution in [0.5, 0.6) is 11.5 Å². The van der Waals surface area contributed by atoms with E-state index in [2.05, 4.69) is 4.90 Å². The van der Waals surface area contributed by atoms with Gasteiger partial charge >= 0.3 is 11.9 Å². The van der Waals surface area contributed by atoms with Gasteiger partial charge in [0.1, 0.15) is 11.5 Å². The summed E-state index contributed by atoms with van der Waals surface area (Å²) in [6.45, 7) is 3.09. The summed E-state index contributed by atoms with van der Waals surface area (Å²) in [4.78, 5) is 27.7. The predicted molar refractivity (Wildman–Crippen MR) is 122 cm³/mol. The summed E-state index contributed by atoms with van der Waals surface area (Å²) in [5.74, 6) is -0.0436. The zero-order chi connectivity index (χ0) is 22.5. The molecule has 164 valence electrons. The van der Waals surface area contributed by atoms with Crippen LogP contribution in [0.1, 0.15) is 11.1 Å². The topological polar surface area (TPSA) is 91.1 Å². The third kappa shape index (κ3) is 3.25. The largest absolute Gasteiger partial charge is 0.422 e. The van der Waals surface area contributed by atoms with Crippen molar-refractivity contribution in [3.05, 3.63) is 82.2 Å². The summed E-state index contributed by atoms with van der Waals surface area (Å²) >= 11 is 0. The van der Waals surface area contributed by atoms with Crippen molar-refractivity contribution in [2.45, 2.75) is 0 Å². The molecule has 3 aromatic carbocycles. The zero-order valence-electron chi connectivity index (χ0n) is 17.7. The lowest BCUT2D eigenvalue weighted by molar-refractivity contribution is -0.128. The van der Waals surface area contributed by atoms with Gasteiger partial charge in [-0.05, 0) is 47.5 Å². The number of carbonyl (C=O) groups is 2. The standard InChI is InChI=1S/C26H20N2O5/c27-17-5-1-15(2-6-17)23-19-13-22-20(14-21(19)32-25(23)29)24(26(30)33-22)16-3-7-18(8-4-16)28-9-11-31-12-10-28/h1-8,13-14H,9-12,27H2. The van der Waals surface area contributed by atoms with Gasteiger partial charge in [0, 0.05) is 34.9 Å². The Hall–Kier alpha value is -4.10. The van der Waals surface area contributed by atoms with Gasteiger partial charge in [-0.1, -0.05) is 24.3 Å². The van der Waals surface area contributed by atoms with Gasteiger partial charge in [-0.3, -0.25) is 0 Å². The van der Waals surface area contributed by atoms with Crippen molar-refractivity contribution < 1.29 is 23.8 Å². The Labute approximate surface area is 189 Å². The lowest BCUT2D eigenvalue weighted by Crippen LogP contribution is -2.36. The highest BCUT2D eigenvalue weighted by molar-refractivity contribution is 6.21. The quantitative estimate of drug-likeness (QED) is 0.373. The van der Waals surface area contributed by atoms with Gasteiger partial charge in [0.25, 0.3) is 0 Å². The average molecular weight is 440 g/mol. The van der Waals surface area contributed by atoms with Gasteiger partial charge < -0.3 is 24.8 Å². The van der Waals surface area contributed by atoms with Crippen LogP contribution in [0, 0.1) is 0 Å². The molecule has 0 radical (unpaired) electrons. The molecule has 0 unspecified atom stereocenters. The first kappa shape index (κ1) is 19.6. The highest BCUT2D eigenvalue weighted by Crippen LogP contribution is 2.28. The van der Waals surface area contributed by atoms with Crippen LogP contribution in [-0.4, -0.2) is 38.2 Å². The third-order valence-corrected chi connectivity index (χ3v) is 6.17. The number of rotatable bonds is 3. The fourth-order valence-corrected chi connectivity index (χ4v) is 4.50. The third-order valence-electron chi connectivity index (χ3n) is 6.17. The lowest BCUT2D eigenvalue weighted by atomic mass is 10.0. The maximum atomic E-state index is 12.8. The minimum Gasteiger partial charge on any atom is -0.422 e. The number of esters is 2. The van der Waals surface area contributed by atoms with Crippen LogP contribution in [-0.2, 0) is 14.3 Å². The Morgan fingerprint density at radius 1 is 0.697 bits per heavy atom. The molecule has 0 spiro atoms. The Morgan fingerprint density at radius 3 is 1.70 bits per heavy atom. The highest BCUT2D eigenvalue weighted by atomic mass is 16.5. The van der Waals surface area contributed by atoms with E-state index in [1.165, 1.54) is 0 Å². The van der Waals surface area contributed by atoms with Crippen molar-refractivity contribution in [3.63, 3.8) is 0 Å². The van der Waals surface area contributed by atoms with Gasteiger partial charge in [-0.15, -0.1) is 0 Å². The first-order valence-electron chi connectivity index (χ1n) is 10.7. The molecule has 0 saturated carbocycles. The molecular formula is C26H20N2O5. The van der Waals surface area contributed by atoms with E-state index in [-0.39, 0.29) is 0 Å². The molecule has 1 fully saturated rings. The van der Waals surface area contributed by atoms with Gasteiger partial charge in [0.15, 0.2) is 0 Å². The smallest absolute Gasteiger partial charge is 0.344 e. The first-order valence-corrected chi connectivity index (χ1v) is 10.7. The second-order valence-electron chi connectivity index (χ2n) is 8.14. The minimum absolute atomic E-state index is 0.409. The average Bonchev–Trinajstić information content (AvgIpc) is 3.33. The molecule has 0 aromatic heterocycles. The molecule has 33 heavy (non-hydrogen) atoms. The van der Waals surface area contributed by atoms with Crippen LogP contribution < -0.4 is 30.5 Å². The maximum absolute atomic E-state index is 12.8. The molecule has 3 aliphatic heterocycles. The number of hydrogen-bond donors (Lipinski definition) is 1. The molecule has 7 heteroatoms. The Bertz CT molecular complexity index is 1420. The fourth-order valence-electron chi connectivity index (χ4n) is 4.50. The molecule has 3 aliphatic rings. The van der Waals surface area contributed by atoms with Crippen molar-refractivity contribution in [1.82, 2.24) is 0 Å². The van der Waals surface area contributed by atoms with E-state index >= 15 is 0 Å². The van der Waals surface area contributed by atoms with Gasteiger partial charge in [0.2, 0.25) is 0 Å². The number of morpholine rings is 1. The number of anilines is 2. The maximum Gasteiger partial charge on any atom is 0.344 e. The first-order chi connectivity index (χ1) is 16.1. The highest BCUT2D eigenvalue weighted by Gasteiger charge is 2.30. The molecule has 1 saturated heterocycles. The molecule has 7 nitrogen and oxygen atoms in total. The number of benzene rings is 3. The van der Waals surface area contributed by atoms with Gasteiger partial charge in [0.05, 0.1) is 24.4 Å². The van der Waals surface area contributed by atoms with Crippen molar-refractivity contribution in [2.75, 3.05) is 36.9 Å². The normalized spacial score (nSPS) is 17.0. The number of fused-ring (bicyclic) bond motifs is 2. The van der Waals surface area contributed by atoms with Crippen molar-refractivity contribution in [1.29, 1.82) is 0 Å². The number of nitrogens with two attached hydrogens (primary N) is 1. The Balaban J connectivity index is 1.45.